The van der Waals surface area contributed by atoms with Crippen LogP contribution in [0.5, 0.6) is 0 Å². The molecule has 0 atom stereocenters. The van der Waals surface area contributed by atoms with Crippen molar-refractivity contribution >= 4 is 11.6 Å². The number of hydrogen-bond acceptors (Lipinski definition) is 2. The molecule has 1 aromatic carbocycles. The molecule has 2 rings (SSSR count). The third kappa shape index (κ3) is 2.62. The molecule has 0 saturated carbocycles. The number of nitrogens with zero attached hydrogens (tertiary/aromatic N) is 2. The Hall–Kier alpha value is -1.32. The average Bonchev–Trinajstić information content (AvgIpc) is 2.67. The number of halogens is 1. The highest BCUT2D eigenvalue weighted by atomic mass is 35.5. The zero-order valence-electron chi connectivity index (χ0n) is 8.94. The van der Waals surface area contributed by atoms with Gasteiger partial charge in [-0.05, 0) is 24.1 Å². The van der Waals surface area contributed by atoms with Gasteiger partial charge in [0.05, 0.1) is 17.8 Å². The maximum Gasteiger partial charge on any atom is 0.0785 e. The molecule has 84 valence electrons. The van der Waals surface area contributed by atoms with Gasteiger partial charge in [-0.2, -0.15) is 5.10 Å². The normalized spacial score (nSPS) is 10.6. The van der Waals surface area contributed by atoms with Crippen molar-refractivity contribution < 1.29 is 0 Å². The smallest absolute Gasteiger partial charge is 0.0785 e. The minimum Gasteiger partial charge on any atom is -0.330 e. The summed E-state index contributed by atoms with van der Waals surface area (Å²) in [6.07, 6.45) is 4.36. The molecule has 0 aliphatic rings. The second kappa shape index (κ2) is 5.14. The summed E-state index contributed by atoms with van der Waals surface area (Å²) >= 11 is 5.82. The maximum atomic E-state index is 5.82. The summed E-state index contributed by atoms with van der Waals surface area (Å²) in [7, 11) is 0. The summed E-state index contributed by atoms with van der Waals surface area (Å²) in [6, 6.07) is 8.26. The van der Waals surface area contributed by atoms with Crippen LogP contribution in [0.1, 0.15) is 11.1 Å². The standard InChI is InChI=1S/C12H14ClN3/c13-12-7-15-16(9-12)8-11-4-2-1-3-10(11)5-6-14/h1-4,7,9H,5-6,8,14H2. The molecule has 0 unspecified atom stereocenters. The van der Waals surface area contributed by atoms with Gasteiger partial charge < -0.3 is 5.73 Å². The van der Waals surface area contributed by atoms with E-state index in [2.05, 4.69) is 17.2 Å². The molecule has 1 heterocycles. The van der Waals surface area contributed by atoms with Crippen LogP contribution in [0.15, 0.2) is 36.7 Å². The molecule has 0 spiro atoms. The average molecular weight is 236 g/mol. The van der Waals surface area contributed by atoms with Crippen LogP contribution in [0, 0.1) is 0 Å². The van der Waals surface area contributed by atoms with E-state index in [4.69, 9.17) is 17.3 Å². The first-order valence-electron chi connectivity index (χ1n) is 5.24. The van der Waals surface area contributed by atoms with E-state index < -0.39 is 0 Å². The summed E-state index contributed by atoms with van der Waals surface area (Å²) in [5.74, 6) is 0. The monoisotopic (exact) mass is 235 g/mol. The zero-order valence-corrected chi connectivity index (χ0v) is 9.69. The lowest BCUT2D eigenvalue weighted by Crippen LogP contribution is -2.08. The Morgan fingerprint density at radius 3 is 2.62 bits per heavy atom. The molecule has 0 amide bonds. The molecule has 0 fully saturated rings. The van der Waals surface area contributed by atoms with E-state index in [0.29, 0.717) is 11.6 Å². The van der Waals surface area contributed by atoms with Crippen LogP contribution in [0.3, 0.4) is 0 Å². The Kier molecular flexibility index (Phi) is 3.59. The second-order valence-electron chi connectivity index (χ2n) is 3.66. The highest BCUT2D eigenvalue weighted by Crippen LogP contribution is 2.12. The summed E-state index contributed by atoms with van der Waals surface area (Å²) in [6.45, 7) is 1.40. The molecular weight excluding hydrogens is 222 g/mol. The number of hydrogen-bond donors (Lipinski definition) is 1. The van der Waals surface area contributed by atoms with Gasteiger partial charge in [0.25, 0.3) is 0 Å². The highest BCUT2D eigenvalue weighted by Gasteiger charge is 2.02. The van der Waals surface area contributed by atoms with Crippen molar-refractivity contribution in [1.29, 1.82) is 0 Å². The summed E-state index contributed by atoms with van der Waals surface area (Å²) in [5.41, 5.74) is 8.10. The molecular formula is C12H14ClN3. The van der Waals surface area contributed by atoms with Crippen LogP contribution in [-0.2, 0) is 13.0 Å². The van der Waals surface area contributed by atoms with Gasteiger partial charge in [0.15, 0.2) is 0 Å². The van der Waals surface area contributed by atoms with E-state index in [1.807, 2.05) is 23.0 Å². The lowest BCUT2D eigenvalue weighted by molar-refractivity contribution is 0.680. The lowest BCUT2D eigenvalue weighted by atomic mass is 10.0. The van der Waals surface area contributed by atoms with E-state index in [1.165, 1.54) is 11.1 Å². The van der Waals surface area contributed by atoms with Crippen molar-refractivity contribution in [1.82, 2.24) is 9.78 Å². The molecule has 16 heavy (non-hydrogen) atoms. The quantitative estimate of drug-likeness (QED) is 0.882. The van der Waals surface area contributed by atoms with Crippen molar-refractivity contribution in [3.05, 3.63) is 52.8 Å². The van der Waals surface area contributed by atoms with E-state index >= 15 is 0 Å². The van der Waals surface area contributed by atoms with Crippen LogP contribution >= 0.6 is 11.6 Å². The van der Waals surface area contributed by atoms with Crippen molar-refractivity contribution in [3.63, 3.8) is 0 Å². The fraction of sp³-hybridized carbons (Fsp3) is 0.250. The highest BCUT2D eigenvalue weighted by molar-refractivity contribution is 6.30. The Balaban J connectivity index is 2.20. The summed E-state index contributed by atoms with van der Waals surface area (Å²) < 4.78 is 1.83. The van der Waals surface area contributed by atoms with Gasteiger partial charge in [-0.1, -0.05) is 35.9 Å². The number of aromatic nitrogens is 2. The van der Waals surface area contributed by atoms with Gasteiger partial charge >= 0.3 is 0 Å². The number of nitrogens with two attached hydrogens (primary N) is 1. The Bertz CT molecular complexity index is 465. The Morgan fingerprint density at radius 2 is 2.00 bits per heavy atom. The van der Waals surface area contributed by atoms with Gasteiger partial charge in [-0.25, -0.2) is 0 Å². The molecule has 0 bridgehead atoms. The first-order valence-corrected chi connectivity index (χ1v) is 5.62. The second-order valence-corrected chi connectivity index (χ2v) is 4.10. The molecule has 0 radical (unpaired) electrons. The molecule has 4 heteroatoms. The van der Waals surface area contributed by atoms with Gasteiger partial charge in [-0.3, -0.25) is 4.68 Å². The summed E-state index contributed by atoms with van der Waals surface area (Å²) in [4.78, 5) is 0. The third-order valence-corrected chi connectivity index (χ3v) is 2.66. The first kappa shape index (κ1) is 11.2. The largest absolute Gasteiger partial charge is 0.330 e. The molecule has 2 aromatic rings. The van der Waals surface area contributed by atoms with Gasteiger partial charge in [-0.15, -0.1) is 0 Å². The van der Waals surface area contributed by atoms with Gasteiger partial charge in [0, 0.05) is 6.20 Å². The van der Waals surface area contributed by atoms with E-state index in [9.17, 15) is 0 Å². The molecule has 0 aliphatic carbocycles. The van der Waals surface area contributed by atoms with Gasteiger partial charge in [0.2, 0.25) is 0 Å². The lowest BCUT2D eigenvalue weighted by Gasteiger charge is -2.08. The Labute approximate surface area is 99.8 Å². The van der Waals surface area contributed by atoms with Crippen molar-refractivity contribution in [2.45, 2.75) is 13.0 Å². The third-order valence-electron chi connectivity index (χ3n) is 2.47. The number of benzene rings is 1. The number of rotatable bonds is 4. The minimum absolute atomic E-state index is 0.663. The van der Waals surface area contributed by atoms with Crippen LogP contribution < -0.4 is 5.73 Å². The molecule has 0 aliphatic heterocycles. The van der Waals surface area contributed by atoms with Crippen molar-refractivity contribution in [2.75, 3.05) is 6.54 Å². The minimum atomic E-state index is 0.663. The molecule has 2 N–H and O–H groups in total. The van der Waals surface area contributed by atoms with Crippen molar-refractivity contribution in [2.24, 2.45) is 5.73 Å². The fourth-order valence-corrected chi connectivity index (χ4v) is 1.87. The SMILES string of the molecule is NCCc1ccccc1Cn1cc(Cl)cn1. The first-order chi connectivity index (χ1) is 7.79. The fourth-order valence-electron chi connectivity index (χ4n) is 1.71. The zero-order chi connectivity index (χ0) is 11.4. The molecule has 1 aromatic heterocycles. The molecule has 0 saturated heterocycles. The van der Waals surface area contributed by atoms with Crippen LogP contribution in [0.25, 0.3) is 0 Å². The predicted molar refractivity (Wildman–Crippen MR) is 65.5 cm³/mol. The van der Waals surface area contributed by atoms with Crippen LogP contribution in [0.4, 0.5) is 0 Å². The predicted octanol–water partition coefficient (Wildman–Crippen LogP) is 2.09. The van der Waals surface area contributed by atoms with Crippen LogP contribution in [0.2, 0.25) is 5.02 Å². The topological polar surface area (TPSA) is 43.8 Å². The molecule has 3 nitrogen and oxygen atoms in total. The Morgan fingerprint density at radius 1 is 1.25 bits per heavy atom. The maximum absolute atomic E-state index is 5.82. The van der Waals surface area contributed by atoms with E-state index in [1.54, 1.807) is 6.20 Å². The summed E-state index contributed by atoms with van der Waals surface area (Å²) in [5, 5.41) is 4.83. The van der Waals surface area contributed by atoms with Gasteiger partial charge in [0.1, 0.15) is 0 Å². The van der Waals surface area contributed by atoms with Crippen LogP contribution in [-0.4, -0.2) is 16.3 Å². The van der Waals surface area contributed by atoms with E-state index in [-0.39, 0.29) is 0 Å². The van der Waals surface area contributed by atoms with Crippen molar-refractivity contribution in [3.8, 4) is 0 Å². The van der Waals surface area contributed by atoms with E-state index in [0.717, 1.165) is 13.0 Å².